The van der Waals surface area contributed by atoms with Crippen LogP contribution in [0.2, 0.25) is 0 Å². The smallest absolute Gasteiger partial charge is 0.153 e. The average Bonchev–Trinajstić information content (AvgIpc) is 2.46. The van der Waals surface area contributed by atoms with Crippen molar-refractivity contribution in [2.24, 2.45) is 0 Å². The number of hydrogen-bond acceptors (Lipinski definition) is 3. The average molecular weight is 289 g/mol. The molecule has 4 heteroatoms. The van der Waals surface area contributed by atoms with E-state index in [0.717, 1.165) is 0 Å². The highest BCUT2D eigenvalue weighted by molar-refractivity contribution is 7.73. The van der Waals surface area contributed by atoms with Crippen LogP contribution in [0.5, 0.6) is 0 Å². The summed E-state index contributed by atoms with van der Waals surface area (Å²) in [5.41, 5.74) is 0.453. The predicted octanol–water partition coefficient (Wildman–Crippen LogP) is 3.56. The summed E-state index contributed by atoms with van der Waals surface area (Å²) < 4.78 is 13.6. The van der Waals surface area contributed by atoms with Gasteiger partial charge in [0.15, 0.2) is 13.0 Å². The minimum atomic E-state index is -3.08. The number of rotatable bonds is 3. The Hall–Kier alpha value is -1.44. The van der Waals surface area contributed by atoms with Crippen LogP contribution in [-0.4, -0.2) is 15.2 Å². The van der Waals surface area contributed by atoms with Gasteiger partial charge < -0.3 is 9.67 Å². The monoisotopic (exact) mass is 289 g/mol. The minimum Gasteiger partial charge on any atom is -0.379 e. The van der Waals surface area contributed by atoms with E-state index in [0.29, 0.717) is 11.0 Å². The zero-order valence-corrected chi connectivity index (χ0v) is 12.9. The molecule has 0 fully saturated rings. The molecule has 0 bridgehead atoms. The van der Waals surface area contributed by atoms with Crippen LogP contribution >= 0.6 is 7.14 Å². The molecule has 1 N–H and O–H groups in total. The maximum absolute atomic E-state index is 13.6. The summed E-state index contributed by atoms with van der Waals surface area (Å²) in [4.78, 5) is 4.16. The number of aromatic nitrogens is 1. The SMILES string of the molecule is CC(C)(C)[P@](=O)(c1ccccc1)C(O)c1ccccn1. The van der Waals surface area contributed by atoms with Gasteiger partial charge in [0.2, 0.25) is 0 Å². The van der Waals surface area contributed by atoms with E-state index in [1.54, 1.807) is 24.4 Å². The third kappa shape index (κ3) is 2.56. The Kier molecular flexibility index (Phi) is 4.12. The first kappa shape index (κ1) is 15.0. The molecule has 2 rings (SSSR count). The minimum absolute atomic E-state index is 0.453. The number of aliphatic hydroxyl groups excluding tert-OH is 1. The van der Waals surface area contributed by atoms with Gasteiger partial charge in [-0.2, -0.15) is 0 Å². The zero-order chi connectivity index (χ0) is 14.8. The Balaban J connectivity index is 2.58. The highest BCUT2D eigenvalue weighted by atomic mass is 31.2. The third-order valence-electron chi connectivity index (χ3n) is 3.43. The van der Waals surface area contributed by atoms with Crippen molar-refractivity contribution in [3.8, 4) is 0 Å². The number of nitrogens with zero attached hydrogens (tertiary/aromatic N) is 1. The van der Waals surface area contributed by atoms with Gasteiger partial charge in [0.05, 0.1) is 5.69 Å². The highest BCUT2D eigenvalue weighted by Gasteiger charge is 2.45. The second kappa shape index (κ2) is 5.51. The molecule has 2 aromatic rings. The van der Waals surface area contributed by atoms with Gasteiger partial charge in [-0.3, -0.25) is 4.98 Å². The Morgan fingerprint density at radius 2 is 1.65 bits per heavy atom. The summed E-state index contributed by atoms with van der Waals surface area (Å²) >= 11 is 0. The molecular weight excluding hydrogens is 269 g/mol. The van der Waals surface area contributed by atoms with Crippen LogP contribution in [0, 0.1) is 0 Å². The second-order valence-corrected chi connectivity index (χ2v) is 9.46. The van der Waals surface area contributed by atoms with Gasteiger partial charge in [-0.25, -0.2) is 0 Å². The molecule has 106 valence electrons. The van der Waals surface area contributed by atoms with Gasteiger partial charge in [0, 0.05) is 16.7 Å². The fourth-order valence-corrected chi connectivity index (χ4v) is 5.19. The van der Waals surface area contributed by atoms with E-state index in [9.17, 15) is 9.67 Å². The van der Waals surface area contributed by atoms with Crippen LogP contribution in [0.25, 0.3) is 0 Å². The Bertz CT molecular complexity index is 605. The van der Waals surface area contributed by atoms with Crippen molar-refractivity contribution in [2.45, 2.75) is 31.8 Å². The lowest BCUT2D eigenvalue weighted by atomic mass is 10.3. The van der Waals surface area contributed by atoms with Gasteiger partial charge in [-0.15, -0.1) is 0 Å². The Morgan fingerprint density at radius 3 is 2.15 bits per heavy atom. The lowest BCUT2D eigenvalue weighted by Crippen LogP contribution is -2.27. The first-order valence-electron chi connectivity index (χ1n) is 6.62. The van der Waals surface area contributed by atoms with Gasteiger partial charge in [-0.1, -0.05) is 57.2 Å². The third-order valence-corrected chi connectivity index (χ3v) is 7.44. The summed E-state index contributed by atoms with van der Waals surface area (Å²) in [5, 5.41) is 10.8. The summed E-state index contributed by atoms with van der Waals surface area (Å²) in [6, 6.07) is 14.5. The van der Waals surface area contributed by atoms with E-state index in [1.807, 2.05) is 51.1 Å². The first-order chi connectivity index (χ1) is 9.37. The summed E-state index contributed by atoms with van der Waals surface area (Å²) in [7, 11) is -3.08. The molecule has 2 atom stereocenters. The summed E-state index contributed by atoms with van der Waals surface area (Å²) in [6.07, 6.45) is 1.61. The van der Waals surface area contributed by atoms with E-state index in [4.69, 9.17) is 0 Å². The van der Waals surface area contributed by atoms with E-state index in [1.165, 1.54) is 0 Å². The maximum atomic E-state index is 13.6. The van der Waals surface area contributed by atoms with Crippen LogP contribution in [0.1, 0.15) is 32.3 Å². The zero-order valence-electron chi connectivity index (χ0n) is 12.0. The molecule has 0 amide bonds. The standard InChI is InChI=1S/C16H20NO2P/c1-16(2,3)20(19,13-9-5-4-6-10-13)15(18)14-11-7-8-12-17-14/h4-12,15,18H,1-3H3/t15?,20-/m0/s1. The van der Waals surface area contributed by atoms with Crippen molar-refractivity contribution in [1.82, 2.24) is 4.98 Å². The van der Waals surface area contributed by atoms with Crippen LogP contribution in [0.4, 0.5) is 0 Å². The fourth-order valence-electron chi connectivity index (χ4n) is 2.26. The van der Waals surface area contributed by atoms with Gasteiger partial charge in [-0.05, 0) is 12.1 Å². The molecule has 0 aliphatic rings. The number of hydrogen-bond donors (Lipinski definition) is 1. The van der Waals surface area contributed by atoms with E-state index >= 15 is 0 Å². The molecule has 1 heterocycles. The normalized spacial score (nSPS) is 16.4. The lowest BCUT2D eigenvalue weighted by molar-refractivity contribution is 0.246. The van der Waals surface area contributed by atoms with Gasteiger partial charge in [0.25, 0.3) is 0 Å². The molecule has 0 aliphatic heterocycles. The number of benzene rings is 1. The molecule has 0 aliphatic carbocycles. The molecule has 0 saturated carbocycles. The molecule has 0 radical (unpaired) electrons. The van der Waals surface area contributed by atoms with Gasteiger partial charge in [0.1, 0.15) is 0 Å². The Morgan fingerprint density at radius 1 is 1.05 bits per heavy atom. The quantitative estimate of drug-likeness (QED) is 0.879. The van der Waals surface area contributed by atoms with E-state index < -0.39 is 18.1 Å². The molecule has 20 heavy (non-hydrogen) atoms. The number of aliphatic hydroxyl groups is 1. The molecule has 1 aromatic carbocycles. The van der Waals surface area contributed by atoms with E-state index in [-0.39, 0.29) is 0 Å². The second-order valence-electron chi connectivity index (χ2n) is 5.79. The maximum Gasteiger partial charge on any atom is 0.153 e. The van der Waals surface area contributed by atoms with Crippen molar-refractivity contribution >= 4 is 12.4 Å². The van der Waals surface area contributed by atoms with Crippen molar-refractivity contribution in [1.29, 1.82) is 0 Å². The molecule has 1 aromatic heterocycles. The molecule has 3 nitrogen and oxygen atoms in total. The molecular formula is C16H20NO2P. The van der Waals surface area contributed by atoms with Crippen molar-refractivity contribution in [3.05, 3.63) is 60.4 Å². The van der Waals surface area contributed by atoms with Crippen LogP contribution in [-0.2, 0) is 4.57 Å². The van der Waals surface area contributed by atoms with Crippen LogP contribution in [0.3, 0.4) is 0 Å². The summed E-state index contributed by atoms with van der Waals surface area (Å²) in [6.45, 7) is 5.69. The largest absolute Gasteiger partial charge is 0.379 e. The number of pyridine rings is 1. The molecule has 1 unspecified atom stereocenters. The van der Waals surface area contributed by atoms with Crippen molar-refractivity contribution in [2.75, 3.05) is 0 Å². The van der Waals surface area contributed by atoms with Crippen LogP contribution in [0.15, 0.2) is 54.7 Å². The Labute approximate surface area is 120 Å². The highest BCUT2D eigenvalue weighted by Crippen LogP contribution is 2.65. The molecule has 0 saturated heterocycles. The molecule has 0 spiro atoms. The first-order valence-corrected chi connectivity index (χ1v) is 8.39. The summed E-state index contributed by atoms with van der Waals surface area (Å²) in [5.74, 6) is -1.09. The fraction of sp³-hybridized carbons (Fsp3) is 0.312. The van der Waals surface area contributed by atoms with Crippen molar-refractivity contribution < 1.29 is 9.67 Å². The predicted molar refractivity (Wildman–Crippen MR) is 82.6 cm³/mol. The van der Waals surface area contributed by atoms with Crippen LogP contribution < -0.4 is 5.30 Å². The topological polar surface area (TPSA) is 50.2 Å². The lowest BCUT2D eigenvalue weighted by Gasteiger charge is -2.35. The van der Waals surface area contributed by atoms with Gasteiger partial charge >= 0.3 is 0 Å². The van der Waals surface area contributed by atoms with E-state index in [2.05, 4.69) is 4.98 Å². The van der Waals surface area contributed by atoms with Crippen molar-refractivity contribution in [3.63, 3.8) is 0 Å².